The number of aromatic nitrogens is 1. The van der Waals surface area contributed by atoms with Crippen molar-refractivity contribution in [3.8, 4) is 17.7 Å². The van der Waals surface area contributed by atoms with Crippen LogP contribution in [0.25, 0.3) is 0 Å². The fourth-order valence-electron chi connectivity index (χ4n) is 1.31. The van der Waals surface area contributed by atoms with Crippen molar-refractivity contribution in [1.29, 1.82) is 5.26 Å². The molecule has 1 aromatic carbocycles. The monoisotopic (exact) mass is 415 g/mol. The van der Waals surface area contributed by atoms with Crippen molar-refractivity contribution in [2.75, 3.05) is 5.73 Å². The van der Waals surface area contributed by atoms with Gasteiger partial charge < -0.3 is 10.5 Å². The van der Waals surface area contributed by atoms with Crippen molar-refractivity contribution in [3.05, 3.63) is 44.1 Å². The van der Waals surface area contributed by atoms with Crippen molar-refractivity contribution in [2.45, 2.75) is 0 Å². The normalized spacial score (nSPS) is 9.83. The average molecular weight is 416 g/mol. The number of benzene rings is 1. The van der Waals surface area contributed by atoms with Crippen molar-refractivity contribution < 1.29 is 4.74 Å². The molecule has 0 amide bonds. The van der Waals surface area contributed by atoms with E-state index in [1.807, 2.05) is 12.1 Å². The van der Waals surface area contributed by atoms with Crippen LogP contribution >= 0.6 is 38.5 Å². The zero-order valence-corrected chi connectivity index (χ0v) is 12.8. The maximum Gasteiger partial charge on any atom is 0.219 e. The van der Waals surface area contributed by atoms with E-state index in [1.165, 1.54) is 0 Å². The van der Waals surface area contributed by atoms with Gasteiger partial charge in [0.05, 0.1) is 20.9 Å². The number of nitrogens with zero attached hydrogens (tertiary/aromatic N) is 2. The van der Waals surface area contributed by atoms with Gasteiger partial charge in [-0.15, -0.1) is 0 Å². The lowest BCUT2D eigenvalue weighted by Gasteiger charge is -2.10. The maximum atomic E-state index is 8.83. The Morgan fingerprint density at radius 3 is 2.72 bits per heavy atom. The van der Waals surface area contributed by atoms with Crippen molar-refractivity contribution in [2.24, 2.45) is 0 Å². The van der Waals surface area contributed by atoms with E-state index < -0.39 is 0 Å². The Morgan fingerprint density at radius 1 is 1.39 bits per heavy atom. The number of anilines is 1. The molecule has 90 valence electrons. The van der Waals surface area contributed by atoms with Gasteiger partial charge in [-0.2, -0.15) is 5.26 Å². The van der Waals surface area contributed by atoms with Gasteiger partial charge in [-0.05, 0) is 56.7 Å². The SMILES string of the molecule is N#Cc1cc(N)c(Oc2ccc(Br)cn2)c(I)c1. The molecule has 0 fully saturated rings. The van der Waals surface area contributed by atoms with E-state index >= 15 is 0 Å². The van der Waals surface area contributed by atoms with Gasteiger partial charge in [-0.25, -0.2) is 4.98 Å². The Bertz CT molecular complexity index is 599. The quantitative estimate of drug-likeness (QED) is 0.599. The largest absolute Gasteiger partial charge is 0.436 e. The Labute approximate surface area is 126 Å². The molecule has 18 heavy (non-hydrogen) atoms. The molecular weight excluding hydrogens is 409 g/mol. The van der Waals surface area contributed by atoms with Crippen LogP contribution in [0.15, 0.2) is 34.9 Å². The second-order valence-electron chi connectivity index (χ2n) is 3.40. The summed E-state index contributed by atoms with van der Waals surface area (Å²) in [4.78, 5) is 4.11. The summed E-state index contributed by atoms with van der Waals surface area (Å²) in [7, 11) is 0. The maximum absolute atomic E-state index is 8.83. The average Bonchev–Trinajstić information content (AvgIpc) is 2.35. The molecule has 1 heterocycles. The lowest BCUT2D eigenvalue weighted by atomic mass is 10.2. The fourth-order valence-corrected chi connectivity index (χ4v) is 2.31. The van der Waals surface area contributed by atoms with Gasteiger partial charge in [-0.1, -0.05) is 0 Å². The number of pyridine rings is 1. The van der Waals surface area contributed by atoms with Crippen molar-refractivity contribution in [1.82, 2.24) is 4.98 Å². The fraction of sp³-hybridized carbons (Fsp3) is 0. The molecule has 0 aliphatic heterocycles. The highest BCUT2D eigenvalue weighted by molar-refractivity contribution is 14.1. The molecule has 2 rings (SSSR count). The molecule has 0 atom stereocenters. The van der Waals surface area contributed by atoms with Crippen LogP contribution in [0.4, 0.5) is 5.69 Å². The highest BCUT2D eigenvalue weighted by Gasteiger charge is 2.10. The molecule has 4 nitrogen and oxygen atoms in total. The van der Waals surface area contributed by atoms with Gasteiger partial charge in [-0.3, -0.25) is 0 Å². The van der Waals surface area contributed by atoms with E-state index in [4.69, 9.17) is 15.7 Å². The first-order valence-corrected chi connectivity index (χ1v) is 6.76. The Hall–Kier alpha value is -1.33. The summed E-state index contributed by atoms with van der Waals surface area (Å²) in [5.41, 5.74) is 6.78. The molecular formula is C12H7BrIN3O. The molecule has 6 heteroatoms. The summed E-state index contributed by atoms with van der Waals surface area (Å²) >= 11 is 5.37. The summed E-state index contributed by atoms with van der Waals surface area (Å²) < 4.78 is 7.27. The van der Waals surface area contributed by atoms with Crippen LogP contribution in [0.1, 0.15) is 5.56 Å². The topological polar surface area (TPSA) is 71.9 Å². The Balaban J connectivity index is 2.35. The molecule has 0 spiro atoms. The van der Waals surface area contributed by atoms with E-state index in [1.54, 1.807) is 24.4 Å². The highest BCUT2D eigenvalue weighted by Crippen LogP contribution is 2.33. The number of hydrogen-bond acceptors (Lipinski definition) is 4. The minimum atomic E-state index is 0.420. The standard InChI is InChI=1S/C12H7BrIN3O/c13-8-1-2-11(17-6-8)18-12-9(14)3-7(5-15)4-10(12)16/h1-4,6H,16H2. The molecule has 1 aromatic heterocycles. The molecule has 2 N–H and O–H groups in total. The van der Waals surface area contributed by atoms with Crippen LogP contribution in [0.5, 0.6) is 11.6 Å². The first kappa shape index (κ1) is 13.1. The molecule has 0 bridgehead atoms. The van der Waals surface area contributed by atoms with E-state index in [0.717, 1.165) is 8.04 Å². The number of halogens is 2. The van der Waals surface area contributed by atoms with E-state index in [9.17, 15) is 0 Å². The van der Waals surface area contributed by atoms with Gasteiger partial charge in [0, 0.05) is 16.7 Å². The zero-order chi connectivity index (χ0) is 13.1. The molecule has 0 saturated carbocycles. The minimum absolute atomic E-state index is 0.420. The minimum Gasteiger partial charge on any atom is -0.436 e. The second kappa shape index (κ2) is 5.54. The third-order valence-corrected chi connectivity index (χ3v) is 3.38. The van der Waals surface area contributed by atoms with Crippen LogP contribution in [0.2, 0.25) is 0 Å². The number of ether oxygens (including phenoxy) is 1. The van der Waals surface area contributed by atoms with Crippen molar-refractivity contribution in [3.63, 3.8) is 0 Å². The Morgan fingerprint density at radius 2 is 2.17 bits per heavy atom. The lowest BCUT2D eigenvalue weighted by Crippen LogP contribution is -1.97. The van der Waals surface area contributed by atoms with Gasteiger partial charge in [0.25, 0.3) is 0 Å². The number of nitriles is 1. The number of nitrogen functional groups attached to an aromatic ring is 1. The summed E-state index contributed by atoms with van der Waals surface area (Å²) in [6.07, 6.45) is 1.64. The highest BCUT2D eigenvalue weighted by atomic mass is 127. The predicted molar refractivity (Wildman–Crippen MR) is 80.3 cm³/mol. The van der Waals surface area contributed by atoms with Crippen LogP contribution in [0, 0.1) is 14.9 Å². The Kier molecular flexibility index (Phi) is 4.04. The summed E-state index contributed by atoms with van der Waals surface area (Å²) in [6, 6.07) is 8.90. The number of nitrogens with two attached hydrogens (primary N) is 1. The summed E-state index contributed by atoms with van der Waals surface area (Å²) in [5, 5.41) is 8.83. The van der Waals surface area contributed by atoms with Crippen LogP contribution in [0.3, 0.4) is 0 Å². The zero-order valence-electron chi connectivity index (χ0n) is 9.02. The van der Waals surface area contributed by atoms with Gasteiger partial charge >= 0.3 is 0 Å². The second-order valence-corrected chi connectivity index (χ2v) is 5.48. The predicted octanol–water partition coefficient (Wildman–Crippen LogP) is 3.69. The van der Waals surface area contributed by atoms with E-state index in [2.05, 4.69) is 43.5 Å². The smallest absolute Gasteiger partial charge is 0.219 e. The third kappa shape index (κ3) is 2.91. The lowest BCUT2D eigenvalue weighted by molar-refractivity contribution is 0.462. The number of rotatable bonds is 2. The van der Waals surface area contributed by atoms with Gasteiger partial charge in [0.2, 0.25) is 5.88 Å². The van der Waals surface area contributed by atoms with Crippen LogP contribution < -0.4 is 10.5 Å². The molecule has 0 aliphatic carbocycles. The van der Waals surface area contributed by atoms with E-state index in [-0.39, 0.29) is 0 Å². The first-order valence-electron chi connectivity index (χ1n) is 4.88. The summed E-state index contributed by atoms with van der Waals surface area (Å²) in [5.74, 6) is 0.969. The summed E-state index contributed by atoms with van der Waals surface area (Å²) in [6.45, 7) is 0. The molecule has 0 unspecified atom stereocenters. The van der Waals surface area contributed by atoms with Crippen molar-refractivity contribution >= 4 is 44.2 Å². The molecule has 2 aromatic rings. The first-order chi connectivity index (χ1) is 8.60. The number of hydrogen-bond donors (Lipinski definition) is 1. The van der Waals surface area contributed by atoms with E-state index in [0.29, 0.717) is 22.9 Å². The molecule has 0 radical (unpaired) electrons. The van der Waals surface area contributed by atoms with Crippen LogP contribution in [-0.4, -0.2) is 4.98 Å². The third-order valence-electron chi connectivity index (χ3n) is 2.11. The van der Waals surface area contributed by atoms with Gasteiger partial charge in [0.15, 0.2) is 5.75 Å². The van der Waals surface area contributed by atoms with Crippen LogP contribution in [-0.2, 0) is 0 Å². The van der Waals surface area contributed by atoms with Gasteiger partial charge in [0.1, 0.15) is 0 Å². The molecule has 0 aliphatic rings. The molecule has 0 saturated heterocycles.